The lowest BCUT2D eigenvalue weighted by Crippen LogP contribution is -2.61. The first-order valence-corrected chi connectivity index (χ1v) is 15.6. The molecule has 3 unspecified atom stereocenters. The maximum absolute atomic E-state index is 14.8. The summed E-state index contributed by atoms with van der Waals surface area (Å²) in [5.74, 6) is -1.57. The first-order chi connectivity index (χ1) is 19.2. The highest BCUT2D eigenvalue weighted by atomic mass is 32.2. The second kappa shape index (κ2) is 11.6. The minimum atomic E-state index is -0.765. The van der Waals surface area contributed by atoms with Crippen LogP contribution in [0.25, 0.3) is 0 Å². The van der Waals surface area contributed by atoms with Gasteiger partial charge < -0.3 is 19.8 Å². The quantitative estimate of drug-likeness (QED) is 0.381. The highest BCUT2D eigenvalue weighted by Crippen LogP contribution is 2.69. The second-order valence-corrected chi connectivity index (χ2v) is 15.2. The Kier molecular flexibility index (Phi) is 8.87. The van der Waals surface area contributed by atoms with Gasteiger partial charge in [0.15, 0.2) is 0 Å². The Hall–Kier alpha value is -2.58. The van der Waals surface area contributed by atoms with Crippen LogP contribution in [-0.4, -0.2) is 80.4 Å². The largest absolute Gasteiger partial charge is 0.395 e. The number of nitrogens with zero attached hydrogens (tertiary/aromatic N) is 3. The fourth-order valence-electron chi connectivity index (χ4n) is 7.97. The maximum Gasteiger partial charge on any atom is 0.247 e. The number of aliphatic hydroxyl groups is 1. The number of likely N-dealkylation sites (tertiary alicyclic amines) is 1. The molecule has 0 aromatic heterocycles. The van der Waals surface area contributed by atoms with Gasteiger partial charge in [-0.2, -0.15) is 0 Å². The normalized spacial score (nSPS) is 28.9. The molecule has 1 spiro atoms. The van der Waals surface area contributed by atoms with Crippen molar-refractivity contribution in [3.8, 4) is 0 Å². The zero-order valence-electron chi connectivity index (χ0n) is 25.5. The van der Waals surface area contributed by atoms with Gasteiger partial charge in [0.1, 0.15) is 6.04 Å². The van der Waals surface area contributed by atoms with E-state index in [1.165, 1.54) is 0 Å². The van der Waals surface area contributed by atoms with Gasteiger partial charge in [-0.1, -0.05) is 58.0 Å². The number of carbonyl (C=O) groups excluding carboxylic acids is 3. The van der Waals surface area contributed by atoms with Gasteiger partial charge in [0, 0.05) is 36.1 Å². The van der Waals surface area contributed by atoms with Crippen LogP contribution >= 0.6 is 11.8 Å². The smallest absolute Gasteiger partial charge is 0.247 e. The fourth-order valence-corrected chi connectivity index (χ4v) is 10.4. The third-order valence-electron chi connectivity index (χ3n) is 9.02. The molecule has 41 heavy (non-hydrogen) atoms. The number of anilines is 1. The van der Waals surface area contributed by atoms with Crippen molar-refractivity contribution in [2.45, 2.75) is 76.0 Å². The summed E-state index contributed by atoms with van der Waals surface area (Å²) in [6.45, 7) is 21.0. The summed E-state index contributed by atoms with van der Waals surface area (Å²) in [4.78, 5) is 48.6. The van der Waals surface area contributed by atoms with Gasteiger partial charge in [-0.15, -0.1) is 24.9 Å². The summed E-state index contributed by atoms with van der Waals surface area (Å²) in [6, 6.07) is 8.72. The van der Waals surface area contributed by atoms with Crippen LogP contribution in [0.4, 0.5) is 5.69 Å². The monoisotopic (exact) mass is 581 g/mol. The van der Waals surface area contributed by atoms with Crippen LogP contribution in [0, 0.1) is 23.2 Å². The second-order valence-electron chi connectivity index (χ2n) is 13.7. The Bertz CT molecular complexity index is 1180. The van der Waals surface area contributed by atoms with Crippen LogP contribution < -0.4 is 4.90 Å². The van der Waals surface area contributed by atoms with Crippen LogP contribution in [-0.2, 0) is 14.4 Å². The van der Waals surface area contributed by atoms with E-state index in [1.807, 2.05) is 35.2 Å². The van der Waals surface area contributed by atoms with E-state index in [-0.39, 0.29) is 47.5 Å². The molecule has 224 valence electrons. The standard InChI is InChI=1S/C33H47N3O4S/c1-9-16-34(23-14-12-11-13-15-23)28(38)25-24-20-22(3)33(41-24)26(25)29(39)35(18-19-37)27(33)30(40)36(17-10-2)32(7,8)21-31(4,5)6/h9-15,22,24-27,37H,1-2,16-21H2,3-8H3/t22?,24-,25+,26+,27?,33?/m1/s1. The van der Waals surface area contributed by atoms with Crippen LogP contribution in [0.3, 0.4) is 0 Å². The topological polar surface area (TPSA) is 81.2 Å². The SMILES string of the molecule is C=CCN(C(=O)[C@@H]1[C@H]2C(=O)N(CCO)C(C(=O)N(CC=C)C(C)(C)CC(C)(C)C)C23S[C@@H]1CC3C)c1ccccc1. The predicted molar refractivity (Wildman–Crippen MR) is 167 cm³/mol. The molecule has 4 rings (SSSR count). The van der Waals surface area contributed by atoms with E-state index in [9.17, 15) is 19.5 Å². The number of hydrogen-bond donors (Lipinski definition) is 1. The third kappa shape index (κ3) is 5.38. The zero-order valence-corrected chi connectivity index (χ0v) is 26.3. The summed E-state index contributed by atoms with van der Waals surface area (Å²) in [6.07, 6.45) is 4.96. The number of hydrogen-bond acceptors (Lipinski definition) is 5. The highest BCUT2D eigenvalue weighted by Gasteiger charge is 2.76. The van der Waals surface area contributed by atoms with Gasteiger partial charge in [-0.05, 0) is 50.2 Å². The Balaban J connectivity index is 1.79. The Labute approximate surface area is 250 Å². The van der Waals surface area contributed by atoms with E-state index in [0.717, 1.165) is 18.5 Å². The van der Waals surface area contributed by atoms with Crippen molar-refractivity contribution in [1.29, 1.82) is 0 Å². The molecule has 1 aromatic rings. The number of aliphatic hydroxyl groups excluding tert-OH is 1. The summed E-state index contributed by atoms with van der Waals surface area (Å²) in [7, 11) is 0. The molecule has 3 heterocycles. The number of rotatable bonds is 11. The van der Waals surface area contributed by atoms with Crippen LogP contribution in [0.2, 0.25) is 0 Å². The number of β-amino-alcohol motifs (C(OH)–C–C–N with tert-alkyl or cyclic N) is 1. The van der Waals surface area contributed by atoms with Gasteiger partial charge in [0.05, 0.1) is 23.2 Å². The minimum Gasteiger partial charge on any atom is -0.395 e. The third-order valence-corrected chi connectivity index (χ3v) is 11.1. The molecule has 0 radical (unpaired) electrons. The van der Waals surface area contributed by atoms with Gasteiger partial charge in [0.2, 0.25) is 17.7 Å². The van der Waals surface area contributed by atoms with Crippen LogP contribution in [0.5, 0.6) is 0 Å². The maximum atomic E-state index is 14.8. The Morgan fingerprint density at radius 1 is 1.10 bits per heavy atom. The molecule has 0 saturated carbocycles. The molecule has 2 bridgehead atoms. The number of amides is 3. The molecule has 3 aliphatic heterocycles. The molecule has 6 atom stereocenters. The summed E-state index contributed by atoms with van der Waals surface area (Å²) in [5.41, 5.74) is 0.233. The highest BCUT2D eigenvalue weighted by molar-refractivity contribution is 8.02. The van der Waals surface area contributed by atoms with Crippen molar-refractivity contribution in [3.05, 3.63) is 55.6 Å². The molecular formula is C33H47N3O4S. The molecular weight excluding hydrogens is 534 g/mol. The number of thioether (sulfide) groups is 1. The number of fused-ring (bicyclic) bond motifs is 1. The van der Waals surface area contributed by atoms with Crippen molar-refractivity contribution in [2.24, 2.45) is 23.2 Å². The Morgan fingerprint density at radius 3 is 2.29 bits per heavy atom. The van der Waals surface area contributed by atoms with E-state index in [2.05, 4.69) is 54.7 Å². The van der Waals surface area contributed by atoms with Crippen molar-refractivity contribution in [1.82, 2.24) is 9.80 Å². The van der Waals surface area contributed by atoms with Crippen molar-refractivity contribution in [3.63, 3.8) is 0 Å². The molecule has 8 heteroatoms. The molecule has 0 aliphatic carbocycles. The average Bonchev–Trinajstić information content (AvgIpc) is 3.48. The number of carbonyl (C=O) groups is 3. The van der Waals surface area contributed by atoms with E-state index in [1.54, 1.807) is 33.7 Å². The molecule has 3 aliphatic rings. The zero-order chi connectivity index (χ0) is 30.3. The summed E-state index contributed by atoms with van der Waals surface area (Å²) >= 11 is 1.66. The predicted octanol–water partition coefficient (Wildman–Crippen LogP) is 4.76. The molecule has 3 fully saturated rings. The lowest BCUT2D eigenvalue weighted by Gasteiger charge is -2.47. The number of para-hydroxylation sites is 1. The van der Waals surface area contributed by atoms with Crippen LogP contribution in [0.1, 0.15) is 54.4 Å². The molecule has 7 nitrogen and oxygen atoms in total. The average molecular weight is 582 g/mol. The number of benzene rings is 1. The summed E-state index contributed by atoms with van der Waals surface area (Å²) < 4.78 is -0.748. The molecule has 3 amide bonds. The molecule has 1 N–H and O–H groups in total. The molecule has 3 saturated heterocycles. The van der Waals surface area contributed by atoms with Gasteiger partial charge in [-0.25, -0.2) is 0 Å². The lowest BCUT2D eigenvalue weighted by atomic mass is 9.65. The minimum absolute atomic E-state index is 0.0300. The molecule has 1 aromatic carbocycles. The van der Waals surface area contributed by atoms with Gasteiger partial charge in [-0.3, -0.25) is 14.4 Å². The van der Waals surface area contributed by atoms with E-state index in [0.29, 0.717) is 13.1 Å². The van der Waals surface area contributed by atoms with Crippen molar-refractivity contribution < 1.29 is 19.5 Å². The fraction of sp³-hybridized carbons (Fsp3) is 0.606. The first-order valence-electron chi connectivity index (χ1n) is 14.7. The van der Waals surface area contributed by atoms with Crippen molar-refractivity contribution in [2.75, 3.05) is 31.1 Å². The van der Waals surface area contributed by atoms with Crippen molar-refractivity contribution >= 4 is 35.2 Å². The van der Waals surface area contributed by atoms with E-state index in [4.69, 9.17) is 0 Å². The first kappa shape index (κ1) is 31.4. The van der Waals surface area contributed by atoms with Crippen LogP contribution in [0.15, 0.2) is 55.6 Å². The van der Waals surface area contributed by atoms with Gasteiger partial charge in [0.25, 0.3) is 0 Å². The van der Waals surface area contributed by atoms with E-state index < -0.39 is 28.2 Å². The lowest BCUT2D eigenvalue weighted by molar-refractivity contribution is -0.147. The van der Waals surface area contributed by atoms with Gasteiger partial charge >= 0.3 is 0 Å². The Morgan fingerprint density at radius 2 is 1.73 bits per heavy atom. The van der Waals surface area contributed by atoms with E-state index >= 15 is 0 Å². The summed E-state index contributed by atoms with van der Waals surface area (Å²) in [5, 5.41) is 9.98.